The summed E-state index contributed by atoms with van der Waals surface area (Å²) in [5.74, 6) is 0.491. The third-order valence-electron chi connectivity index (χ3n) is 4.85. The van der Waals surface area contributed by atoms with Crippen LogP contribution in [0.15, 0.2) is 12.4 Å². The van der Waals surface area contributed by atoms with E-state index in [4.69, 9.17) is 10.5 Å². The van der Waals surface area contributed by atoms with Crippen molar-refractivity contribution >= 4 is 11.7 Å². The Morgan fingerprint density at radius 2 is 2.00 bits per heavy atom. The Labute approximate surface area is 136 Å². The van der Waals surface area contributed by atoms with Crippen LogP contribution in [0, 0.1) is 5.92 Å². The number of hydrogen-bond donors (Lipinski definition) is 2. The predicted octanol–water partition coefficient (Wildman–Crippen LogP) is 0.878. The summed E-state index contributed by atoms with van der Waals surface area (Å²) in [5, 5.41) is 3.30. The van der Waals surface area contributed by atoms with Gasteiger partial charge in [0.2, 0.25) is 0 Å². The Morgan fingerprint density at radius 3 is 2.78 bits per heavy atom. The number of amides is 1. The number of aromatic nitrogens is 2. The largest absolute Gasteiger partial charge is 0.379 e. The van der Waals surface area contributed by atoms with E-state index in [9.17, 15) is 4.79 Å². The highest BCUT2D eigenvalue weighted by molar-refractivity contribution is 5.95. The third-order valence-corrected chi connectivity index (χ3v) is 4.85. The van der Waals surface area contributed by atoms with E-state index in [2.05, 4.69) is 20.2 Å². The van der Waals surface area contributed by atoms with Gasteiger partial charge in [-0.25, -0.2) is 9.97 Å². The SMILES string of the molecule is NC(=O)c1nccnc1NC[C@@H]1CCCC[C@@H]1N1CCOCC1. The molecule has 2 aliphatic rings. The summed E-state index contributed by atoms with van der Waals surface area (Å²) in [7, 11) is 0. The lowest BCUT2D eigenvalue weighted by molar-refractivity contribution is -0.00541. The minimum atomic E-state index is -0.547. The van der Waals surface area contributed by atoms with Gasteiger partial charge in [0.25, 0.3) is 5.91 Å². The van der Waals surface area contributed by atoms with Crippen LogP contribution in [-0.4, -0.2) is 59.7 Å². The van der Waals surface area contributed by atoms with Crippen LogP contribution < -0.4 is 11.1 Å². The van der Waals surface area contributed by atoms with Crippen LogP contribution in [0.25, 0.3) is 0 Å². The number of nitrogens with one attached hydrogen (secondary N) is 1. The first-order valence-corrected chi connectivity index (χ1v) is 8.42. The molecule has 1 aliphatic heterocycles. The number of carbonyl (C=O) groups excluding carboxylic acids is 1. The lowest BCUT2D eigenvalue weighted by Crippen LogP contribution is -2.49. The Morgan fingerprint density at radius 1 is 1.26 bits per heavy atom. The Hall–Kier alpha value is -1.73. The standard InChI is InChI=1S/C16H25N5O2/c17-15(22)14-16(19-6-5-18-14)20-11-12-3-1-2-4-13(12)21-7-9-23-10-8-21/h5-6,12-13H,1-4,7-11H2,(H2,17,22)(H,19,20)/t12-,13-/m0/s1. The number of nitrogens with zero attached hydrogens (tertiary/aromatic N) is 3. The monoisotopic (exact) mass is 319 g/mol. The van der Waals surface area contributed by atoms with Crippen LogP contribution in [-0.2, 0) is 4.74 Å². The van der Waals surface area contributed by atoms with E-state index in [0.717, 1.165) is 32.8 Å². The zero-order valence-corrected chi connectivity index (χ0v) is 13.4. The lowest BCUT2D eigenvalue weighted by Gasteiger charge is -2.41. The lowest BCUT2D eigenvalue weighted by atomic mass is 9.83. The van der Waals surface area contributed by atoms with Gasteiger partial charge in [0.1, 0.15) is 0 Å². The molecule has 7 nitrogen and oxygen atoms in total. The fourth-order valence-corrected chi connectivity index (χ4v) is 3.69. The fourth-order valence-electron chi connectivity index (χ4n) is 3.69. The quantitative estimate of drug-likeness (QED) is 0.837. The molecule has 1 saturated carbocycles. The number of anilines is 1. The van der Waals surface area contributed by atoms with E-state index in [1.807, 2.05) is 0 Å². The molecule has 2 fully saturated rings. The number of carbonyl (C=O) groups is 1. The van der Waals surface area contributed by atoms with Gasteiger partial charge in [-0.2, -0.15) is 0 Å². The average molecular weight is 319 g/mol. The predicted molar refractivity (Wildman–Crippen MR) is 87.2 cm³/mol. The van der Waals surface area contributed by atoms with Crippen molar-refractivity contribution in [3.8, 4) is 0 Å². The molecule has 1 amide bonds. The summed E-state index contributed by atoms with van der Waals surface area (Å²) >= 11 is 0. The van der Waals surface area contributed by atoms with Crippen LogP contribution in [0.3, 0.4) is 0 Å². The van der Waals surface area contributed by atoms with E-state index >= 15 is 0 Å². The van der Waals surface area contributed by atoms with Crippen molar-refractivity contribution in [3.05, 3.63) is 18.1 Å². The van der Waals surface area contributed by atoms with Gasteiger partial charge in [0.05, 0.1) is 13.2 Å². The van der Waals surface area contributed by atoms with Crippen molar-refractivity contribution in [1.82, 2.24) is 14.9 Å². The van der Waals surface area contributed by atoms with E-state index < -0.39 is 5.91 Å². The summed E-state index contributed by atoms with van der Waals surface area (Å²) in [6.07, 6.45) is 8.04. The Kier molecular flexibility index (Phi) is 5.40. The molecule has 0 aromatic carbocycles. The van der Waals surface area contributed by atoms with Gasteiger partial charge < -0.3 is 15.8 Å². The van der Waals surface area contributed by atoms with Crippen molar-refractivity contribution in [2.75, 3.05) is 38.2 Å². The number of hydrogen-bond acceptors (Lipinski definition) is 6. The third kappa shape index (κ3) is 3.97. The first-order valence-electron chi connectivity index (χ1n) is 8.42. The second-order valence-corrected chi connectivity index (χ2v) is 6.26. The smallest absolute Gasteiger partial charge is 0.271 e. The van der Waals surface area contributed by atoms with Gasteiger partial charge >= 0.3 is 0 Å². The van der Waals surface area contributed by atoms with Crippen molar-refractivity contribution in [1.29, 1.82) is 0 Å². The first kappa shape index (κ1) is 16.1. The molecule has 2 atom stereocenters. The highest BCUT2D eigenvalue weighted by atomic mass is 16.5. The van der Waals surface area contributed by atoms with Crippen LogP contribution in [0.1, 0.15) is 36.2 Å². The molecule has 1 saturated heterocycles. The molecule has 23 heavy (non-hydrogen) atoms. The van der Waals surface area contributed by atoms with Gasteiger partial charge in [-0.3, -0.25) is 9.69 Å². The molecule has 3 rings (SSSR count). The summed E-state index contributed by atoms with van der Waals surface area (Å²) in [6, 6.07) is 0.578. The molecule has 0 bridgehead atoms. The minimum Gasteiger partial charge on any atom is -0.379 e. The van der Waals surface area contributed by atoms with Gasteiger partial charge in [-0.1, -0.05) is 12.8 Å². The maximum Gasteiger partial charge on any atom is 0.271 e. The zero-order valence-electron chi connectivity index (χ0n) is 13.4. The molecule has 1 aliphatic carbocycles. The molecule has 3 N–H and O–H groups in total. The van der Waals surface area contributed by atoms with E-state index in [0.29, 0.717) is 17.8 Å². The van der Waals surface area contributed by atoms with Crippen molar-refractivity contribution in [3.63, 3.8) is 0 Å². The number of primary amides is 1. The van der Waals surface area contributed by atoms with Gasteiger partial charge in [-0.05, 0) is 18.8 Å². The molecule has 1 aromatic rings. The summed E-state index contributed by atoms with van der Waals surface area (Å²) < 4.78 is 5.47. The maximum atomic E-state index is 11.4. The van der Waals surface area contributed by atoms with Crippen molar-refractivity contribution < 1.29 is 9.53 Å². The fraction of sp³-hybridized carbons (Fsp3) is 0.688. The summed E-state index contributed by atoms with van der Waals surface area (Å²) in [4.78, 5) is 22.2. The van der Waals surface area contributed by atoms with Crippen LogP contribution in [0.2, 0.25) is 0 Å². The number of nitrogens with two attached hydrogens (primary N) is 1. The molecular formula is C16H25N5O2. The van der Waals surface area contributed by atoms with E-state index in [1.165, 1.54) is 31.9 Å². The molecule has 1 aromatic heterocycles. The van der Waals surface area contributed by atoms with Gasteiger partial charge in [0, 0.05) is 38.1 Å². The van der Waals surface area contributed by atoms with Crippen LogP contribution in [0.4, 0.5) is 5.82 Å². The van der Waals surface area contributed by atoms with Crippen molar-refractivity contribution in [2.45, 2.75) is 31.7 Å². The highest BCUT2D eigenvalue weighted by Gasteiger charge is 2.31. The topological polar surface area (TPSA) is 93.4 Å². The second-order valence-electron chi connectivity index (χ2n) is 6.26. The molecule has 2 heterocycles. The maximum absolute atomic E-state index is 11.4. The number of morpholine rings is 1. The molecule has 7 heteroatoms. The number of ether oxygens (including phenoxy) is 1. The van der Waals surface area contributed by atoms with Crippen LogP contribution in [0.5, 0.6) is 0 Å². The molecular weight excluding hydrogens is 294 g/mol. The molecule has 0 unspecified atom stereocenters. The van der Waals surface area contributed by atoms with E-state index in [1.54, 1.807) is 6.20 Å². The highest BCUT2D eigenvalue weighted by Crippen LogP contribution is 2.29. The van der Waals surface area contributed by atoms with Gasteiger partial charge in [0.15, 0.2) is 11.5 Å². The van der Waals surface area contributed by atoms with Crippen molar-refractivity contribution in [2.24, 2.45) is 11.7 Å². The summed E-state index contributed by atoms with van der Waals surface area (Å²) in [5.41, 5.74) is 5.58. The minimum absolute atomic E-state index is 0.214. The molecule has 126 valence electrons. The normalized spacial score (nSPS) is 25.9. The zero-order chi connectivity index (χ0) is 16.1. The average Bonchev–Trinajstić information content (AvgIpc) is 2.61. The second kappa shape index (κ2) is 7.70. The Balaban J connectivity index is 1.64. The molecule has 0 spiro atoms. The first-order chi connectivity index (χ1) is 11.3. The van der Waals surface area contributed by atoms with Crippen LogP contribution >= 0.6 is 0 Å². The Bertz CT molecular complexity index is 533. The van der Waals surface area contributed by atoms with Gasteiger partial charge in [-0.15, -0.1) is 0 Å². The number of rotatable bonds is 5. The van der Waals surface area contributed by atoms with E-state index in [-0.39, 0.29) is 5.69 Å². The summed E-state index contributed by atoms with van der Waals surface area (Å²) in [6.45, 7) is 4.47. The molecule has 0 radical (unpaired) electrons.